The predicted octanol–water partition coefficient (Wildman–Crippen LogP) is 3.74. The highest BCUT2D eigenvalue weighted by atomic mass is 15.0. The summed E-state index contributed by atoms with van der Waals surface area (Å²) in [4.78, 5) is 2.21. The van der Waals surface area contributed by atoms with Crippen molar-refractivity contribution in [1.29, 1.82) is 0 Å². The van der Waals surface area contributed by atoms with Gasteiger partial charge in [-0.15, -0.1) is 0 Å². The number of benzene rings is 1. The molecular formula is C16H26N2. The van der Waals surface area contributed by atoms with Crippen LogP contribution in [0, 0.1) is 5.92 Å². The molecule has 1 atom stereocenters. The number of nitrogens with zero attached hydrogens (tertiary/aromatic N) is 1. The SMILES string of the molecule is CCCC(Nc1cccc(CN(C)C)c1)C1CC1. The molecule has 0 heterocycles. The Balaban J connectivity index is 1.98. The first-order valence-electron chi connectivity index (χ1n) is 7.19. The molecule has 1 aromatic rings. The van der Waals surface area contributed by atoms with E-state index in [0.717, 1.165) is 12.5 Å². The van der Waals surface area contributed by atoms with Crippen LogP contribution in [-0.4, -0.2) is 25.0 Å². The molecule has 2 nitrogen and oxygen atoms in total. The second kappa shape index (κ2) is 6.24. The van der Waals surface area contributed by atoms with Crippen molar-refractivity contribution in [3.8, 4) is 0 Å². The van der Waals surface area contributed by atoms with E-state index in [2.05, 4.69) is 55.5 Å². The first kappa shape index (κ1) is 13.4. The van der Waals surface area contributed by atoms with Crippen LogP contribution >= 0.6 is 0 Å². The lowest BCUT2D eigenvalue weighted by atomic mass is 10.1. The molecule has 1 fully saturated rings. The Labute approximate surface area is 111 Å². The third kappa shape index (κ3) is 4.02. The van der Waals surface area contributed by atoms with Crippen LogP contribution in [0.25, 0.3) is 0 Å². The lowest BCUT2D eigenvalue weighted by molar-refractivity contribution is 0.402. The van der Waals surface area contributed by atoms with Gasteiger partial charge in [-0.25, -0.2) is 0 Å². The number of hydrogen-bond donors (Lipinski definition) is 1. The van der Waals surface area contributed by atoms with Gasteiger partial charge >= 0.3 is 0 Å². The molecule has 0 aliphatic heterocycles. The molecule has 1 aromatic carbocycles. The molecule has 2 rings (SSSR count). The molecule has 1 N–H and O–H groups in total. The maximum Gasteiger partial charge on any atom is 0.0345 e. The third-order valence-corrected chi connectivity index (χ3v) is 3.57. The fraction of sp³-hybridized carbons (Fsp3) is 0.625. The molecule has 0 radical (unpaired) electrons. The van der Waals surface area contributed by atoms with Crippen molar-refractivity contribution in [2.75, 3.05) is 19.4 Å². The van der Waals surface area contributed by atoms with Crippen molar-refractivity contribution in [2.45, 2.75) is 45.2 Å². The van der Waals surface area contributed by atoms with Crippen molar-refractivity contribution in [3.63, 3.8) is 0 Å². The van der Waals surface area contributed by atoms with Gasteiger partial charge in [0.25, 0.3) is 0 Å². The average Bonchev–Trinajstić information content (AvgIpc) is 3.12. The normalized spacial score (nSPS) is 16.9. The Morgan fingerprint density at radius 2 is 2.11 bits per heavy atom. The van der Waals surface area contributed by atoms with E-state index in [4.69, 9.17) is 0 Å². The molecule has 100 valence electrons. The molecule has 0 bridgehead atoms. The van der Waals surface area contributed by atoms with E-state index in [-0.39, 0.29) is 0 Å². The molecule has 2 heteroatoms. The number of hydrogen-bond acceptors (Lipinski definition) is 2. The summed E-state index contributed by atoms with van der Waals surface area (Å²) in [6, 6.07) is 9.55. The fourth-order valence-corrected chi connectivity index (χ4v) is 2.57. The molecule has 0 saturated heterocycles. The van der Waals surface area contributed by atoms with Gasteiger partial charge in [-0.05, 0) is 57.0 Å². The van der Waals surface area contributed by atoms with Crippen LogP contribution in [0.4, 0.5) is 5.69 Å². The summed E-state index contributed by atoms with van der Waals surface area (Å²) in [6.45, 7) is 3.29. The summed E-state index contributed by atoms with van der Waals surface area (Å²) in [6.07, 6.45) is 5.39. The smallest absolute Gasteiger partial charge is 0.0345 e. The highest BCUT2D eigenvalue weighted by molar-refractivity contribution is 5.46. The highest BCUT2D eigenvalue weighted by Gasteiger charge is 2.30. The average molecular weight is 246 g/mol. The molecule has 1 aliphatic rings. The lowest BCUT2D eigenvalue weighted by Gasteiger charge is -2.20. The summed E-state index contributed by atoms with van der Waals surface area (Å²) in [5, 5.41) is 3.74. The van der Waals surface area contributed by atoms with Crippen LogP contribution in [0.15, 0.2) is 24.3 Å². The first-order chi connectivity index (χ1) is 8.69. The minimum Gasteiger partial charge on any atom is -0.382 e. The molecule has 1 unspecified atom stereocenters. The van der Waals surface area contributed by atoms with Crippen molar-refractivity contribution in [3.05, 3.63) is 29.8 Å². The second-order valence-electron chi connectivity index (χ2n) is 5.82. The molecule has 0 spiro atoms. The van der Waals surface area contributed by atoms with Gasteiger partial charge in [-0.3, -0.25) is 0 Å². The van der Waals surface area contributed by atoms with Crippen LogP contribution in [0.5, 0.6) is 0 Å². The molecule has 0 aromatic heterocycles. The van der Waals surface area contributed by atoms with Crippen LogP contribution < -0.4 is 5.32 Å². The van der Waals surface area contributed by atoms with E-state index < -0.39 is 0 Å². The Morgan fingerprint density at radius 1 is 1.33 bits per heavy atom. The molecule has 1 aliphatic carbocycles. The zero-order chi connectivity index (χ0) is 13.0. The van der Waals surface area contributed by atoms with Crippen LogP contribution in [0.3, 0.4) is 0 Å². The topological polar surface area (TPSA) is 15.3 Å². The quantitative estimate of drug-likeness (QED) is 0.788. The standard InChI is InChI=1S/C16H26N2/c1-4-6-16(14-9-10-14)17-15-8-5-7-13(11-15)12-18(2)3/h5,7-8,11,14,16-17H,4,6,9-10,12H2,1-3H3. The van der Waals surface area contributed by atoms with Gasteiger partial charge in [0, 0.05) is 18.3 Å². The van der Waals surface area contributed by atoms with E-state index in [1.165, 1.54) is 36.9 Å². The molecule has 0 amide bonds. The summed E-state index contributed by atoms with van der Waals surface area (Å²) in [5.74, 6) is 0.919. The summed E-state index contributed by atoms with van der Waals surface area (Å²) >= 11 is 0. The molecule has 18 heavy (non-hydrogen) atoms. The van der Waals surface area contributed by atoms with E-state index in [1.54, 1.807) is 0 Å². The Hall–Kier alpha value is -1.02. The van der Waals surface area contributed by atoms with Crippen LogP contribution in [-0.2, 0) is 6.54 Å². The van der Waals surface area contributed by atoms with Gasteiger partial charge in [-0.1, -0.05) is 25.5 Å². The number of anilines is 1. The molecule has 1 saturated carbocycles. The maximum absolute atomic E-state index is 3.74. The summed E-state index contributed by atoms with van der Waals surface area (Å²) < 4.78 is 0. The first-order valence-corrected chi connectivity index (χ1v) is 7.19. The van der Waals surface area contributed by atoms with Crippen LogP contribution in [0.1, 0.15) is 38.2 Å². The lowest BCUT2D eigenvalue weighted by Crippen LogP contribution is -2.21. The largest absolute Gasteiger partial charge is 0.382 e. The van der Waals surface area contributed by atoms with Crippen molar-refractivity contribution in [2.24, 2.45) is 5.92 Å². The van der Waals surface area contributed by atoms with Gasteiger partial charge < -0.3 is 10.2 Å². The Bertz CT molecular complexity index is 369. The van der Waals surface area contributed by atoms with Gasteiger partial charge in [0.05, 0.1) is 0 Å². The van der Waals surface area contributed by atoms with E-state index >= 15 is 0 Å². The summed E-state index contributed by atoms with van der Waals surface area (Å²) in [7, 11) is 4.23. The minimum atomic E-state index is 0.685. The van der Waals surface area contributed by atoms with E-state index in [1.807, 2.05) is 0 Å². The van der Waals surface area contributed by atoms with Gasteiger partial charge in [-0.2, -0.15) is 0 Å². The Morgan fingerprint density at radius 3 is 2.72 bits per heavy atom. The van der Waals surface area contributed by atoms with E-state index in [9.17, 15) is 0 Å². The zero-order valence-electron chi connectivity index (χ0n) is 11.9. The molecular weight excluding hydrogens is 220 g/mol. The Kier molecular flexibility index (Phi) is 4.65. The van der Waals surface area contributed by atoms with Gasteiger partial charge in [0.1, 0.15) is 0 Å². The minimum absolute atomic E-state index is 0.685. The van der Waals surface area contributed by atoms with Crippen molar-refractivity contribution >= 4 is 5.69 Å². The van der Waals surface area contributed by atoms with Gasteiger partial charge in [0.2, 0.25) is 0 Å². The highest BCUT2D eigenvalue weighted by Crippen LogP contribution is 2.36. The van der Waals surface area contributed by atoms with Crippen molar-refractivity contribution < 1.29 is 0 Å². The summed E-state index contributed by atoms with van der Waals surface area (Å²) in [5.41, 5.74) is 2.68. The second-order valence-corrected chi connectivity index (χ2v) is 5.82. The number of rotatable bonds is 7. The predicted molar refractivity (Wildman–Crippen MR) is 78.9 cm³/mol. The number of nitrogens with one attached hydrogen (secondary N) is 1. The van der Waals surface area contributed by atoms with E-state index in [0.29, 0.717) is 6.04 Å². The maximum atomic E-state index is 3.74. The van der Waals surface area contributed by atoms with Crippen molar-refractivity contribution in [1.82, 2.24) is 4.90 Å². The zero-order valence-corrected chi connectivity index (χ0v) is 11.9. The van der Waals surface area contributed by atoms with Crippen LogP contribution in [0.2, 0.25) is 0 Å². The fourth-order valence-electron chi connectivity index (χ4n) is 2.57. The third-order valence-electron chi connectivity index (χ3n) is 3.57. The monoisotopic (exact) mass is 246 g/mol. The van der Waals surface area contributed by atoms with Gasteiger partial charge in [0.15, 0.2) is 0 Å².